The van der Waals surface area contributed by atoms with Crippen LogP contribution in [0, 0.1) is 11.7 Å². The molecule has 136 valence electrons. The van der Waals surface area contributed by atoms with E-state index in [0.717, 1.165) is 0 Å². The van der Waals surface area contributed by atoms with Crippen LogP contribution in [0.2, 0.25) is 0 Å². The first kappa shape index (κ1) is 17.7. The highest BCUT2D eigenvalue weighted by atomic mass is 19.1. The van der Waals surface area contributed by atoms with Gasteiger partial charge in [-0.1, -0.05) is 18.2 Å². The number of benzene rings is 2. The number of likely N-dealkylation sites (tertiary alicyclic amines) is 1. The fourth-order valence-corrected chi connectivity index (χ4v) is 2.87. The number of hydrogen-bond acceptors (Lipinski definition) is 3. The van der Waals surface area contributed by atoms with Crippen LogP contribution in [-0.2, 0) is 4.79 Å². The predicted octanol–water partition coefficient (Wildman–Crippen LogP) is 3.95. The van der Waals surface area contributed by atoms with E-state index in [1.807, 2.05) is 0 Å². The fraction of sp³-hybridized carbons (Fsp3) is 0.263. The van der Waals surface area contributed by atoms with Crippen molar-refractivity contribution in [2.75, 3.05) is 18.4 Å². The molecule has 7 heteroatoms. The second-order valence-electron chi connectivity index (χ2n) is 6.11. The molecule has 0 aromatic heterocycles. The van der Waals surface area contributed by atoms with Crippen molar-refractivity contribution >= 4 is 17.7 Å². The Kier molecular flexibility index (Phi) is 5.36. The van der Waals surface area contributed by atoms with E-state index in [4.69, 9.17) is 9.84 Å². The van der Waals surface area contributed by atoms with E-state index in [1.54, 1.807) is 30.3 Å². The van der Waals surface area contributed by atoms with Gasteiger partial charge in [-0.15, -0.1) is 0 Å². The minimum atomic E-state index is -0.891. The van der Waals surface area contributed by atoms with Crippen LogP contribution in [0.25, 0.3) is 0 Å². The van der Waals surface area contributed by atoms with Gasteiger partial charge in [-0.2, -0.15) is 0 Å². The lowest BCUT2D eigenvalue weighted by atomic mass is 9.99. The number of carbonyl (C=O) groups is 2. The lowest BCUT2D eigenvalue weighted by molar-refractivity contribution is -0.143. The van der Waals surface area contributed by atoms with Crippen LogP contribution in [-0.4, -0.2) is 35.1 Å². The van der Waals surface area contributed by atoms with Gasteiger partial charge in [-0.05, 0) is 37.1 Å². The number of urea groups is 1. The summed E-state index contributed by atoms with van der Waals surface area (Å²) in [6, 6.07) is 12.1. The monoisotopic (exact) mass is 358 g/mol. The second kappa shape index (κ2) is 7.86. The number of hydrogen-bond donors (Lipinski definition) is 2. The molecule has 0 saturated carbocycles. The molecule has 1 unspecified atom stereocenters. The second-order valence-corrected chi connectivity index (χ2v) is 6.11. The molecule has 1 saturated heterocycles. The number of carboxylic acid groups (broad SMARTS) is 1. The minimum absolute atomic E-state index is 0.175. The summed E-state index contributed by atoms with van der Waals surface area (Å²) in [5.41, 5.74) is 0.430. The third-order valence-corrected chi connectivity index (χ3v) is 4.21. The van der Waals surface area contributed by atoms with E-state index >= 15 is 0 Å². The molecule has 3 rings (SSSR count). The summed E-state index contributed by atoms with van der Waals surface area (Å²) in [6.45, 7) is 0.677. The van der Waals surface area contributed by atoms with Crippen molar-refractivity contribution in [2.45, 2.75) is 12.8 Å². The molecule has 1 fully saturated rings. The molecule has 0 spiro atoms. The van der Waals surface area contributed by atoms with E-state index < -0.39 is 17.7 Å². The van der Waals surface area contributed by atoms with Gasteiger partial charge < -0.3 is 20.1 Å². The van der Waals surface area contributed by atoms with Crippen molar-refractivity contribution in [1.29, 1.82) is 0 Å². The van der Waals surface area contributed by atoms with Crippen molar-refractivity contribution in [2.24, 2.45) is 5.92 Å². The van der Waals surface area contributed by atoms with Crippen molar-refractivity contribution in [3.8, 4) is 11.5 Å². The molecular formula is C19H19FN2O4. The average Bonchev–Trinajstić information content (AvgIpc) is 2.63. The highest BCUT2D eigenvalue weighted by molar-refractivity contribution is 5.91. The number of carbonyl (C=O) groups excluding carboxylic acids is 1. The van der Waals surface area contributed by atoms with Gasteiger partial charge in [0.15, 0.2) is 5.75 Å². The highest BCUT2D eigenvalue weighted by Crippen LogP contribution is 2.30. The molecule has 2 N–H and O–H groups in total. The van der Waals surface area contributed by atoms with Gasteiger partial charge in [0, 0.05) is 19.2 Å². The summed E-state index contributed by atoms with van der Waals surface area (Å²) in [5, 5.41) is 11.9. The zero-order valence-corrected chi connectivity index (χ0v) is 14.0. The van der Waals surface area contributed by atoms with Crippen LogP contribution in [0.3, 0.4) is 0 Å². The minimum Gasteiger partial charge on any atom is -0.481 e. The number of anilines is 1. The van der Waals surface area contributed by atoms with Crippen molar-refractivity contribution in [1.82, 2.24) is 4.90 Å². The van der Waals surface area contributed by atoms with Gasteiger partial charge in [0.2, 0.25) is 0 Å². The maximum Gasteiger partial charge on any atom is 0.321 e. The van der Waals surface area contributed by atoms with Crippen molar-refractivity contribution in [3.63, 3.8) is 0 Å². The molecule has 1 aliphatic rings. The van der Waals surface area contributed by atoms with E-state index in [1.165, 1.54) is 23.1 Å². The molecule has 1 atom stereocenters. The molecule has 26 heavy (non-hydrogen) atoms. The predicted molar refractivity (Wildman–Crippen MR) is 93.9 cm³/mol. The normalized spacial score (nSPS) is 16.8. The van der Waals surface area contributed by atoms with Crippen LogP contribution in [0.4, 0.5) is 14.9 Å². The third kappa shape index (κ3) is 4.30. The van der Waals surface area contributed by atoms with Crippen LogP contribution in [0.15, 0.2) is 48.5 Å². The van der Waals surface area contributed by atoms with Gasteiger partial charge >= 0.3 is 12.0 Å². The van der Waals surface area contributed by atoms with Gasteiger partial charge in [0.25, 0.3) is 0 Å². The maximum absolute atomic E-state index is 13.3. The number of carboxylic acids is 1. The van der Waals surface area contributed by atoms with Gasteiger partial charge in [0.05, 0.1) is 11.6 Å². The summed E-state index contributed by atoms with van der Waals surface area (Å²) >= 11 is 0. The fourth-order valence-electron chi connectivity index (χ4n) is 2.87. The summed E-state index contributed by atoms with van der Waals surface area (Å²) < 4.78 is 19.0. The topological polar surface area (TPSA) is 78.9 Å². The quantitative estimate of drug-likeness (QED) is 0.867. The molecule has 1 aliphatic heterocycles. The lowest BCUT2D eigenvalue weighted by Crippen LogP contribution is -2.44. The van der Waals surface area contributed by atoms with Crippen LogP contribution >= 0.6 is 0 Å². The van der Waals surface area contributed by atoms with E-state index in [2.05, 4.69) is 5.32 Å². The van der Waals surface area contributed by atoms with E-state index in [-0.39, 0.29) is 12.6 Å². The van der Waals surface area contributed by atoms with Gasteiger partial charge in [0.1, 0.15) is 11.6 Å². The van der Waals surface area contributed by atoms with Crippen LogP contribution in [0.5, 0.6) is 11.5 Å². The van der Waals surface area contributed by atoms with E-state index in [0.29, 0.717) is 36.6 Å². The number of halogens is 1. The molecule has 2 aromatic carbocycles. The Hall–Kier alpha value is -3.09. The summed E-state index contributed by atoms with van der Waals surface area (Å²) in [4.78, 5) is 25.1. The van der Waals surface area contributed by atoms with E-state index in [9.17, 15) is 14.0 Å². The van der Waals surface area contributed by atoms with Gasteiger partial charge in [-0.25, -0.2) is 9.18 Å². The number of ether oxygens (including phenoxy) is 1. The number of nitrogens with one attached hydrogen (secondary N) is 1. The summed E-state index contributed by atoms with van der Waals surface area (Å²) in [6.07, 6.45) is 1.21. The first-order valence-corrected chi connectivity index (χ1v) is 8.34. The molecule has 0 bridgehead atoms. The zero-order chi connectivity index (χ0) is 18.5. The van der Waals surface area contributed by atoms with Crippen molar-refractivity contribution in [3.05, 3.63) is 54.3 Å². The molecule has 1 heterocycles. The SMILES string of the molecule is O=C(O)C1CCCN(C(=O)Nc2ccccc2Oc2cccc(F)c2)C1. The number of rotatable bonds is 4. The number of amides is 2. The first-order valence-electron chi connectivity index (χ1n) is 8.34. The Balaban J connectivity index is 1.71. The average molecular weight is 358 g/mol. The third-order valence-electron chi connectivity index (χ3n) is 4.21. The Labute approximate surface area is 150 Å². The number of nitrogens with zero attached hydrogens (tertiary/aromatic N) is 1. The molecule has 0 aliphatic carbocycles. The highest BCUT2D eigenvalue weighted by Gasteiger charge is 2.28. The maximum atomic E-state index is 13.3. The molecular weight excluding hydrogens is 339 g/mol. The van der Waals surface area contributed by atoms with Crippen molar-refractivity contribution < 1.29 is 23.8 Å². The Bertz CT molecular complexity index is 812. The Morgan fingerprint density at radius 3 is 2.77 bits per heavy atom. The largest absolute Gasteiger partial charge is 0.481 e. The number of aliphatic carboxylic acids is 1. The van der Waals surface area contributed by atoms with Gasteiger partial charge in [-0.3, -0.25) is 4.79 Å². The Morgan fingerprint density at radius 1 is 1.19 bits per heavy atom. The van der Waals surface area contributed by atoms with Crippen LogP contribution < -0.4 is 10.1 Å². The Morgan fingerprint density at radius 2 is 2.00 bits per heavy atom. The molecule has 2 amide bonds. The standard InChI is InChI=1S/C19H19FN2O4/c20-14-6-3-7-15(11-14)26-17-9-2-1-8-16(17)21-19(25)22-10-4-5-13(12-22)18(23)24/h1-3,6-9,11,13H,4-5,10,12H2,(H,21,25)(H,23,24). The number of piperidine rings is 1. The zero-order valence-electron chi connectivity index (χ0n) is 14.0. The summed E-state index contributed by atoms with van der Waals surface area (Å²) in [5.74, 6) is -1.17. The smallest absolute Gasteiger partial charge is 0.321 e. The van der Waals surface area contributed by atoms with Crippen LogP contribution in [0.1, 0.15) is 12.8 Å². The molecule has 2 aromatic rings. The molecule has 6 nitrogen and oxygen atoms in total. The first-order chi connectivity index (χ1) is 12.5. The lowest BCUT2D eigenvalue weighted by Gasteiger charge is -2.30. The summed E-state index contributed by atoms with van der Waals surface area (Å²) in [7, 11) is 0. The number of para-hydroxylation sites is 2. The molecule has 0 radical (unpaired) electrons.